The highest BCUT2D eigenvalue weighted by molar-refractivity contribution is 5.64. The van der Waals surface area contributed by atoms with E-state index in [9.17, 15) is 9.90 Å². The second kappa shape index (κ2) is 5.80. The van der Waals surface area contributed by atoms with Gasteiger partial charge in [0.25, 0.3) is 0 Å². The molecule has 4 heteroatoms. The number of allylic oxidation sites excluding steroid dienone is 2. The Balaban J connectivity index is 3.01. The highest BCUT2D eigenvalue weighted by atomic mass is 16.5. The van der Waals surface area contributed by atoms with Gasteiger partial charge in [-0.15, -0.1) is 0 Å². The molecule has 0 saturated carbocycles. The van der Waals surface area contributed by atoms with Crippen LogP contribution in [0.3, 0.4) is 0 Å². The molecule has 0 fully saturated rings. The summed E-state index contributed by atoms with van der Waals surface area (Å²) < 4.78 is 10.0. The van der Waals surface area contributed by atoms with Gasteiger partial charge in [-0.05, 0) is 30.2 Å². The number of ether oxygens (including phenoxy) is 2. The first kappa shape index (κ1) is 12.1. The van der Waals surface area contributed by atoms with Gasteiger partial charge in [0.15, 0.2) is 11.5 Å². The number of methoxy groups -OCH3 is 2. The highest BCUT2D eigenvalue weighted by Crippen LogP contribution is 2.37. The van der Waals surface area contributed by atoms with Gasteiger partial charge < -0.3 is 14.6 Å². The topological polar surface area (TPSA) is 55.8 Å². The van der Waals surface area contributed by atoms with Gasteiger partial charge in [0.1, 0.15) is 6.29 Å². The van der Waals surface area contributed by atoms with E-state index in [-0.39, 0.29) is 5.75 Å². The Bertz CT molecular complexity index is 371. The first-order chi connectivity index (χ1) is 7.72. The van der Waals surface area contributed by atoms with Gasteiger partial charge in [-0.3, -0.25) is 4.79 Å². The van der Waals surface area contributed by atoms with E-state index < -0.39 is 0 Å². The van der Waals surface area contributed by atoms with Crippen molar-refractivity contribution in [1.82, 2.24) is 0 Å². The van der Waals surface area contributed by atoms with E-state index in [1.165, 1.54) is 20.3 Å². The summed E-state index contributed by atoms with van der Waals surface area (Å²) in [6.45, 7) is 0. The molecule has 16 heavy (non-hydrogen) atoms. The van der Waals surface area contributed by atoms with Crippen LogP contribution in [0.15, 0.2) is 24.3 Å². The number of hydrogen-bond acceptors (Lipinski definition) is 4. The van der Waals surface area contributed by atoms with Crippen LogP contribution in [-0.2, 0) is 11.2 Å². The largest absolute Gasteiger partial charge is 0.502 e. The molecule has 1 aromatic carbocycles. The Morgan fingerprint density at radius 1 is 1.25 bits per heavy atom. The average molecular weight is 222 g/mol. The third-order valence-electron chi connectivity index (χ3n) is 2.11. The van der Waals surface area contributed by atoms with Gasteiger partial charge in [0, 0.05) is 0 Å². The molecule has 0 radical (unpaired) electrons. The fraction of sp³-hybridized carbons (Fsp3) is 0.250. The van der Waals surface area contributed by atoms with E-state index in [4.69, 9.17) is 9.47 Å². The molecule has 0 amide bonds. The number of hydrogen-bond donors (Lipinski definition) is 1. The van der Waals surface area contributed by atoms with Crippen LogP contribution in [-0.4, -0.2) is 25.6 Å². The summed E-state index contributed by atoms with van der Waals surface area (Å²) in [4.78, 5) is 10.1. The predicted octanol–water partition coefficient (Wildman–Crippen LogP) is 1.71. The quantitative estimate of drug-likeness (QED) is 0.608. The second-order valence-corrected chi connectivity index (χ2v) is 3.12. The Morgan fingerprint density at radius 2 is 1.81 bits per heavy atom. The molecule has 1 aromatic rings. The molecule has 0 spiro atoms. The zero-order chi connectivity index (χ0) is 12.0. The van der Waals surface area contributed by atoms with Gasteiger partial charge in [-0.25, -0.2) is 0 Å². The van der Waals surface area contributed by atoms with Crippen LogP contribution < -0.4 is 9.47 Å². The molecule has 0 aliphatic carbocycles. The maximum atomic E-state index is 10.1. The van der Waals surface area contributed by atoms with E-state index in [0.717, 1.165) is 11.8 Å². The predicted molar refractivity (Wildman–Crippen MR) is 60.1 cm³/mol. The van der Waals surface area contributed by atoms with Crippen molar-refractivity contribution in [2.75, 3.05) is 14.2 Å². The standard InChI is InChI=1S/C12H14O4/c1-15-10-7-9(5-3-4-6-13)8-11(16-2)12(10)14/h3-4,6-8,14H,5H2,1-2H3. The van der Waals surface area contributed by atoms with Crippen molar-refractivity contribution in [2.24, 2.45) is 0 Å². The summed E-state index contributed by atoms with van der Waals surface area (Å²) >= 11 is 0. The normalized spacial score (nSPS) is 10.4. The molecule has 0 unspecified atom stereocenters. The lowest BCUT2D eigenvalue weighted by molar-refractivity contribution is -0.104. The third-order valence-corrected chi connectivity index (χ3v) is 2.11. The molecule has 0 heterocycles. The maximum Gasteiger partial charge on any atom is 0.200 e. The van der Waals surface area contributed by atoms with Crippen LogP contribution in [0.5, 0.6) is 17.2 Å². The monoisotopic (exact) mass is 222 g/mol. The molecule has 0 aliphatic rings. The Morgan fingerprint density at radius 3 is 2.25 bits per heavy atom. The Labute approximate surface area is 94.1 Å². The molecule has 0 atom stereocenters. The smallest absolute Gasteiger partial charge is 0.200 e. The second-order valence-electron chi connectivity index (χ2n) is 3.12. The summed E-state index contributed by atoms with van der Waals surface area (Å²) in [5.41, 5.74) is 0.893. The Hall–Kier alpha value is -1.97. The minimum atomic E-state index is -0.0203. The van der Waals surface area contributed by atoms with Crippen molar-refractivity contribution in [1.29, 1.82) is 0 Å². The zero-order valence-corrected chi connectivity index (χ0v) is 9.27. The maximum absolute atomic E-state index is 10.1. The first-order valence-corrected chi connectivity index (χ1v) is 4.77. The number of aldehydes is 1. The van der Waals surface area contributed by atoms with Crippen LogP contribution in [0, 0.1) is 0 Å². The van der Waals surface area contributed by atoms with Crippen LogP contribution in [0.4, 0.5) is 0 Å². The Kier molecular flexibility index (Phi) is 4.39. The van der Waals surface area contributed by atoms with Gasteiger partial charge in [0.05, 0.1) is 14.2 Å². The molecule has 0 saturated heterocycles. The van der Waals surface area contributed by atoms with E-state index in [1.807, 2.05) is 0 Å². The summed E-state index contributed by atoms with van der Waals surface area (Å²) in [7, 11) is 2.94. The third kappa shape index (κ3) is 2.76. The summed E-state index contributed by atoms with van der Waals surface area (Å²) in [6, 6.07) is 3.40. The van der Waals surface area contributed by atoms with Crippen molar-refractivity contribution in [2.45, 2.75) is 6.42 Å². The number of carbonyl (C=O) groups is 1. The zero-order valence-electron chi connectivity index (χ0n) is 9.27. The lowest BCUT2D eigenvalue weighted by Gasteiger charge is -2.10. The van der Waals surface area contributed by atoms with Crippen LogP contribution in [0.25, 0.3) is 0 Å². The molecular weight excluding hydrogens is 208 g/mol. The fourth-order valence-corrected chi connectivity index (χ4v) is 1.33. The number of carbonyl (C=O) groups excluding carboxylic acids is 1. The van der Waals surface area contributed by atoms with E-state index in [1.54, 1.807) is 18.2 Å². The molecule has 86 valence electrons. The molecule has 0 aromatic heterocycles. The van der Waals surface area contributed by atoms with Crippen LogP contribution >= 0.6 is 0 Å². The van der Waals surface area contributed by atoms with E-state index in [0.29, 0.717) is 17.9 Å². The summed E-state index contributed by atoms with van der Waals surface area (Å²) in [5, 5.41) is 9.66. The van der Waals surface area contributed by atoms with Crippen molar-refractivity contribution >= 4 is 6.29 Å². The summed E-state index contributed by atoms with van der Waals surface area (Å²) in [6.07, 6.45) is 4.44. The number of rotatable bonds is 5. The molecule has 4 nitrogen and oxygen atoms in total. The molecule has 0 bridgehead atoms. The molecule has 0 aliphatic heterocycles. The first-order valence-electron chi connectivity index (χ1n) is 4.77. The van der Waals surface area contributed by atoms with Crippen LogP contribution in [0.1, 0.15) is 5.56 Å². The molecular formula is C12H14O4. The lowest BCUT2D eigenvalue weighted by atomic mass is 10.1. The highest BCUT2D eigenvalue weighted by Gasteiger charge is 2.10. The fourth-order valence-electron chi connectivity index (χ4n) is 1.33. The van der Waals surface area contributed by atoms with Gasteiger partial charge in [0.2, 0.25) is 5.75 Å². The van der Waals surface area contributed by atoms with Crippen molar-refractivity contribution in [3.63, 3.8) is 0 Å². The minimum absolute atomic E-state index is 0.0203. The van der Waals surface area contributed by atoms with Crippen molar-refractivity contribution in [3.05, 3.63) is 29.8 Å². The van der Waals surface area contributed by atoms with Crippen LogP contribution in [0.2, 0.25) is 0 Å². The lowest BCUT2D eigenvalue weighted by Crippen LogP contribution is -1.92. The summed E-state index contributed by atoms with van der Waals surface area (Å²) in [5.74, 6) is 0.691. The van der Waals surface area contributed by atoms with E-state index >= 15 is 0 Å². The average Bonchev–Trinajstić information content (AvgIpc) is 2.31. The SMILES string of the molecule is COc1cc(CC=CC=O)cc(OC)c1O. The minimum Gasteiger partial charge on any atom is -0.502 e. The molecule has 1 rings (SSSR count). The number of phenolic OH excluding ortho intramolecular Hbond substituents is 1. The van der Waals surface area contributed by atoms with Crippen molar-refractivity contribution < 1.29 is 19.4 Å². The molecule has 1 N–H and O–H groups in total. The van der Waals surface area contributed by atoms with Crippen molar-refractivity contribution in [3.8, 4) is 17.2 Å². The van der Waals surface area contributed by atoms with Gasteiger partial charge in [-0.2, -0.15) is 0 Å². The van der Waals surface area contributed by atoms with Gasteiger partial charge in [-0.1, -0.05) is 6.08 Å². The van der Waals surface area contributed by atoms with Gasteiger partial charge >= 0.3 is 0 Å². The number of aromatic hydroxyl groups is 1. The number of benzene rings is 1. The number of phenols is 1. The van der Waals surface area contributed by atoms with E-state index in [2.05, 4.69) is 0 Å².